The molecule has 3 saturated heterocycles. The van der Waals surface area contributed by atoms with Gasteiger partial charge in [-0.25, -0.2) is 0 Å². The maximum Gasteiger partial charge on any atom is 0.416 e. The molecule has 1 unspecified atom stereocenters. The van der Waals surface area contributed by atoms with E-state index in [2.05, 4.69) is 0 Å². The quantitative estimate of drug-likeness (QED) is 0.750. The normalized spacial score (nSPS) is 24.3. The minimum atomic E-state index is -4.48. The van der Waals surface area contributed by atoms with Gasteiger partial charge in [0.15, 0.2) is 0 Å². The number of amides is 2. The van der Waals surface area contributed by atoms with Crippen LogP contribution in [0.1, 0.15) is 54.4 Å². The third kappa shape index (κ3) is 4.13. The molecule has 0 aromatic heterocycles. The van der Waals surface area contributed by atoms with Gasteiger partial charge in [0.2, 0.25) is 0 Å². The predicted octanol–water partition coefficient (Wildman–Crippen LogP) is 3.48. The lowest BCUT2D eigenvalue weighted by molar-refractivity contribution is -0.149. The summed E-state index contributed by atoms with van der Waals surface area (Å²) in [6.45, 7) is 2.43. The molecule has 29 heavy (non-hydrogen) atoms. The second kappa shape index (κ2) is 7.63. The van der Waals surface area contributed by atoms with Crippen molar-refractivity contribution in [3.8, 4) is 0 Å². The Labute approximate surface area is 167 Å². The highest BCUT2D eigenvalue weighted by Gasteiger charge is 2.46. The van der Waals surface area contributed by atoms with Crippen molar-refractivity contribution in [3.05, 3.63) is 35.4 Å². The number of ether oxygens (including phenoxy) is 1. The topological polar surface area (TPSA) is 49.9 Å². The summed E-state index contributed by atoms with van der Waals surface area (Å²) in [5, 5.41) is 0. The number of hydrogen-bond acceptors (Lipinski definition) is 3. The molecule has 5 nitrogen and oxygen atoms in total. The predicted molar refractivity (Wildman–Crippen MR) is 99.2 cm³/mol. The van der Waals surface area contributed by atoms with E-state index in [0.29, 0.717) is 32.4 Å². The minimum absolute atomic E-state index is 0.0465. The number of carbonyl (C=O) groups excluding carboxylic acids is 2. The lowest BCUT2D eigenvalue weighted by Crippen LogP contribution is -2.47. The standard InChI is InChI=1S/C21H25F3N2O3/c22-21(23,24)16-5-3-4-15(14-16)18(27)26-12-8-20(9-13-26)7-6-17(29-20)19(28)25-10-1-2-11-25/h3-5,14,17H,1-2,6-13H2. The Morgan fingerprint density at radius 3 is 2.34 bits per heavy atom. The molecule has 3 aliphatic heterocycles. The molecule has 1 atom stereocenters. The van der Waals surface area contributed by atoms with Crippen molar-refractivity contribution in [3.63, 3.8) is 0 Å². The van der Waals surface area contributed by atoms with Crippen LogP contribution in [-0.2, 0) is 15.7 Å². The van der Waals surface area contributed by atoms with Crippen LogP contribution in [-0.4, -0.2) is 59.5 Å². The Bertz CT molecular complexity index is 782. The summed E-state index contributed by atoms with van der Waals surface area (Å²) in [5.41, 5.74) is -1.17. The number of hydrogen-bond donors (Lipinski definition) is 0. The number of benzene rings is 1. The van der Waals surface area contributed by atoms with Crippen molar-refractivity contribution in [1.29, 1.82) is 0 Å². The van der Waals surface area contributed by atoms with Gasteiger partial charge in [-0.1, -0.05) is 6.07 Å². The van der Waals surface area contributed by atoms with E-state index < -0.39 is 29.4 Å². The van der Waals surface area contributed by atoms with Gasteiger partial charge in [0.05, 0.1) is 11.2 Å². The molecule has 1 aromatic rings. The highest BCUT2D eigenvalue weighted by Crippen LogP contribution is 2.40. The van der Waals surface area contributed by atoms with Gasteiger partial charge in [-0.3, -0.25) is 9.59 Å². The Morgan fingerprint density at radius 2 is 1.69 bits per heavy atom. The van der Waals surface area contributed by atoms with E-state index in [-0.39, 0.29) is 11.5 Å². The van der Waals surface area contributed by atoms with Gasteiger partial charge >= 0.3 is 6.18 Å². The molecule has 8 heteroatoms. The van der Waals surface area contributed by atoms with E-state index >= 15 is 0 Å². The van der Waals surface area contributed by atoms with Crippen molar-refractivity contribution >= 4 is 11.8 Å². The van der Waals surface area contributed by atoms with Crippen LogP contribution in [0.25, 0.3) is 0 Å². The van der Waals surface area contributed by atoms with Gasteiger partial charge in [0.25, 0.3) is 11.8 Å². The summed E-state index contributed by atoms with van der Waals surface area (Å²) in [6, 6.07) is 4.55. The second-order valence-electron chi connectivity index (χ2n) is 8.23. The third-order valence-electron chi connectivity index (χ3n) is 6.35. The molecule has 2 amide bonds. The first-order valence-corrected chi connectivity index (χ1v) is 10.2. The van der Waals surface area contributed by atoms with Crippen LogP contribution in [0.2, 0.25) is 0 Å². The number of nitrogens with zero attached hydrogens (tertiary/aromatic N) is 2. The van der Waals surface area contributed by atoms with E-state index in [1.165, 1.54) is 12.1 Å². The van der Waals surface area contributed by atoms with Gasteiger partial charge in [-0.05, 0) is 56.7 Å². The largest absolute Gasteiger partial charge is 0.416 e. The van der Waals surface area contributed by atoms with Crippen LogP contribution in [0.5, 0.6) is 0 Å². The average molecular weight is 410 g/mol. The minimum Gasteiger partial charge on any atom is -0.362 e. The number of halogens is 3. The van der Waals surface area contributed by atoms with Crippen molar-refractivity contribution < 1.29 is 27.5 Å². The molecule has 4 rings (SSSR count). The molecule has 0 radical (unpaired) electrons. The van der Waals surface area contributed by atoms with E-state index in [0.717, 1.165) is 44.5 Å². The number of carbonyl (C=O) groups is 2. The molecular formula is C21H25F3N2O3. The zero-order chi connectivity index (χ0) is 20.6. The molecule has 1 aromatic carbocycles. The summed E-state index contributed by atoms with van der Waals surface area (Å²) >= 11 is 0. The van der Waals surface area contributed by atoms with Crippen LogP contribution in [0.15, 0.2) is 24.3 Å². The van der Waals surface area contributed by atoms with Crippen LogP contribution in [0, 0.1) is 0 Å². The average Bonchev–Trinajstić information content (AvgIpc) is 3.38. The smallest absolute Gasteiger partial charge is 0.362 e. The van der Waals surface area contributed by atoms with Crippen molar-refractivity contribution in [2.24, 2.45) is 0 Å². The Kier molecular flexibility index (Phi) is 5.31. The fourth-order valence-corrected chi connectivity index (χ4v) is 4.63. The van der Waals surface area contributed by atoms with Crippen LogP contribution < -0.4 is 0 Å². The first-order valence-electron chi connectivity index (χ1n) is 10.2. The molecule has 0 bridgehead atoms. The summed E-state index contributed by atoms with van der Waals surface area (Å²) in [5.74, 6) is -0.324. The zero-order valence-corrected chi connectivity index (χ0v) is 16.2. The SMILES string of the molecule is O=C(c1cccc(C(F)(F)F)c1)N1CCC2(CCC(C(=O)N3CCCC3)O2)CC1. The number of likely N-dealkylation sites (tertiary alicyclic amines) is 2. The van der Waals surface area contributed by atoms with Gasteiger partial charge in [0, 0.05) is 31.7 Å². The Balaban J connectivity index is 1.36. The first-order chi connectivity index (χ1) is 13.8. The van der Waals surface area contributed by atoms with Gasteiger partial charge < -0.3 is 14.5 Å². The molecule has 158 valence electrons. The van der Waals surface area contributed by atoms with E-state index in [4.69, 9.17) is 4.74 Å². The summed E-state index contributed by atoms with van der Waals surface area (Å²) in [6.07, 6.45) is -0.134. The summed E-state index contributed by atoms with van der Waals surface area (Å²) in [7, 11) is 0. The molecule has 3 fully saturated rings. The number of alkyl halides is 3. The molecule has 0 N–H and O–H groups in total. The molecule has 3 aliphatic rings. The fraction of sp³-hybridized carbons (Fsp3) is 0.619. The molecule has 0 saturated carbocycles. The van der Waals surface area contributed by atoms with Crippen LogP contribution in [0.4, 0.5) is 13.2 Å². The van der Waals surface area contributed by atoms with E-state index in [1.54, 1.807) is 4.90 Å². The second-order valence-corrected chi connectivity index (χ2v) is 8.23. The highest BCUT2D eigenvalue weighted by molar-refractivity contribution is 5.94. The maximum absolute atomic E-state index is 12.9. The molecule has 3 heterocycles. The maximum atomic E-state index is 12.9. The number of piperidine rings is 1. The Morgan fingerprint density at radius 1 is 1.00 bits per heavy atom. The fourth-order valence-electron chi connectivity index (χ4n) is 4.63. The summed E-state index contributed by atoms with van der Waals surface area (Å²) in [4.78, 5) is 28.7. The summed E-state index contributed by atoms with van der Waals surface area (Å²) < 4.78 is 44.9. The Hall–Kier alpha value is -2.09. The van der Waals surface area contributed by atoms with Gasteiger partial charge in [0.1, 0.15) is 6.10 Å². The van der Waals surface area contributed by atoms with Crippen molar-refractivity contribution in [2.45, 2.75) is 56.4 Å². The van der Waals surface area contributed by atoms with Crippen molar-refractivity contribution in [1.82, 2.24) is 9.80 Å². The van der Waals surface area contributed by atoms with Crippen LogP contribution >= 0.6 is 0 Å². The lowest BCUT2D eigenvalue weighted by atomic mass is 9.88. The monoisotopic (exact) mass is 410 g/mol. The first kappa shape index (κ1) is 20.2. The van der Waals surface area contributed by atoms with Gasteiger partial charge in [-0.15, -0.1) is 0 Å². The lowest BCUT2D eigenvalue weighted by Gasteiger charge is -2.39. The molecule has 0 aliphatic carbocycles. The van der Waals surface area contributed by atoms with Crippen molar-refractivity contribution in [2.75, 3.05) is 26.2 Å². The van der Waals surface area contributed by atoms with E-state index in [9.17, 15) is 22.8 Å². The zero-order valence-electron chi connectivity index (χ0n) is 16.2. The molecular weight excluding hydrogens is 385 g/mol. The van der Waals surface area contributed by atoms with E-state index in [1.807, 2.05) is 4.90 Å². The third-order valence-corrected chi connectivity index (χ3v) is 6.35. The highest BCUT2D eigenvalue weighted by atomic mass is 19.4. The van der Waals surface area contributed by atoms with Gasteiger partial charge in [-0.2, -0.15) is 13.2 Å². The molecule has 1 spiro atoms. The number of rotatable bonds is 2. The van der Waals surface area contributed by atoms with Crippen LogP contribution in [0.3, 0.4) is 0 Å².